The molecule has 5 nitrogen and oxygen atoms in total. The van der Waals surface area contributed by atoms with Crippen LogP contribution in [0.1, 0.15) is 89.8 Å². The first kappa shape index (κ1) is 20.9. The SMILES string of the molecule is Cc1noc(CCC[C@H]2CC[C@H]3[C@@H]4[C@H](O)C[C@@H]5C[C@H](O)CC[C@]5(C)[C@H]4CC[C@]23C)n1. The molecule has 4 aliphatic rings. The molecule has 0 aliphatic heterocycles. The normalized spacial score (nSPS) is 48.1. The molecule has 0 radical (unpaired) electrons. The topological polar surface area (TPSA) is 79.4 Å². The molecule has 2 N–H and O–H groups in total. The Kier molecular flexibility index (Phi) is 5.29. The maximum absolute atomic E-state index is 11.3. The van der Waals surface area contributed by atoms with Crippen molar-refractivity contribution < 1.29 is 14.7 Å². The molecule has 168 valence electrons. The summed E-state index contributed by atoms with van der Waals surface area (Å²) in [5.74, 6) is 4.50. The maximum atomic E-state index is 11.3. The summed E-state index contributed by atoms with van der Waals surface area (Å²) in [6.45, 7) is 6.91. The summed E-state index contributed by atoms with van der Waals surface area (Å²) in [6.07, 6.45) is 11.9. The molecule has 5 rings (SSSR count). The molecule has 0 unspecified atom stereocenters. The minimum atomic E-state index is -0.178. The Hall–Kier alpha value is -0.940. The first-order valence-corrected chi connectivity index (χ1v) is 12.5. The highest BCUT2D eigenvalue weighted by Gasteiger charge is 2.62. The molecule has 1 heterocycles. The fourth-order valence-corrected chi connectivity index (χ4v) is 8.72. The lowest BCUT2D eigenvalue weighted by Gasteiger charge is -2.62. The number of aryl methyl sites for hydroxylation is 2. The summed E-state index contributed by atoms with van der Waals surface area (Å²) in [7, 11) is 0. The van der Waals surface area contributed by atoms with Gasteiger partial charge in [0.25, 0.3) is 0 Å². The Bertz CT molecular complexity index is 765. The molecule has 0 bridgehead atoms. The zero-order valence-electron chi connectivity index (χ0n) is 19.0. The minimum Gasteiger partial charge on any atom is -0.393 e. The van der Waals surface area contributed by atoms with Gasteiger partial charge in [-0.25, -0.2) is 0 Å². The van der Waals surface area contributed by atoms with Gasteiger partial charge in [0.15, 0.2) is 5.82 Å². The standard InChI is InChI=1S/C25H40N2O3/c1-15-26-22(30-27-15)6-4-5-16-7-8-19-23-20(10-12-24(16,19)2)25(3)11-9-18(28)13-17(25)14-21(23)29/h16-21,23,28-29H,4-14H2,1-3H3/t16-,17-,18+,19-,20-,21+,23-,24+,25-/m0/s1. The fourth-order valence-electron chi connectivity index (χ4n) is 8.72. The van der Waals surface area contributed by atoms with Crippen molar-refractivity contribution in [1.82, 2.24) is 10.1 Å². The van der Waals surface area contributed by atoms with Crippen LogP contribution in [0.5, 0.6) is 0 Å². The monoisotopic (exact) mass is 416 g/mol. The first-order valence-electron chi connectivity index (χ1n) is 12.5. The van der Waals surface area contributed by atoms with Gasteiger partial charge in [-0.05, 0) is 112 Å². The smallest absolute Gasteiger partial charge is 0.226 e. The van der Waals surface area contributed by atoms with Gasteiger partial charge in [-0.1, -0.05) is 19.0 Å². The summed E-state index contributed by atoms with van der Waals surface area (Å²) in [6, 6.07) is 0. The summed E-state index contributed by atoms with van der Waals surface area (Å²) in [5, 5.41) is 25.5. The number of aliphatic hydroxyl groups is 2. The van der Waals surface area contributed by atoms with Gasteiger partial charge < -0.3 is 14.7 Å². The van der Waals surface area contributed by atoms with Crippen LogP contribution in [0.4, 0.5) is 0 Å². The van der Waals surface area contributed by atoms with E-state index in [9.17, 15) is 10.2 Å². The van der Waals surface area contributed by atoms with Crippen LogP contribution < -0.4 is 0 Å². The summed E-state index contributed by atoms with van der Waals surface area (Å²) >= 11 is 0. The second kappa shape index (κ2) is 7.58. The first-order chi connectivity index (χ1) is 14.3. The highest BCUT2D eigenvalue weighted by Crippen LogP contribution is 2.67. The van der Waals surface area contributed by atoms with E-state index in [4.69, 9.17) is 4.52 Å². The third-order valence-electron chi connectivity index (χ3n) is 10.4. The number of nitrogens with zero attached hydrogens (tertiary/aromatic N) is 2. The molecule has 4 fully saturated rings. The highest BCUT2D eigenvalue weighted by molar-refractivity contribution is 5.11. The molecule has 0 amide bonds. The number of aliphatic hydroxyl groups excluding tert-OH is 2. The quantitative estimate of drug-likeness (QED) is 0.744. The van der Waals surface area contributed by atoms with Crippen LogP contribution >= 0.6 is 0 Å². The summed E-state index contributed by atoms with van der Waals surface area (Å²) in [5.41, 5.74) is 0.683. The largest absolute Gasteiger partial charge is 0.393 e. The predicted molar refractivity (Wildman–Crippen MR) is 115 cm³/mol. The van der Waals surface area contributed by atoms with E-state index in [1.54, 1.807) is 0 Å². The van der Waals surface area contributed by atoms with E-state index in [0.717, 1.165) is 56.2 Å². The lowest BCUT2D eigenvalue weighted by molar-refractivity contribution is -0.172. The van der Waals surface area contributed by atoms with Crippen LogP contribution in [0.2, 0.25) is 0 Å². The Labute approximate surface area is 181 Å². The second-order valence-corrected chi connectivity index (χ2v) is 11.7. The number of aromatic nitrogens is 2. The van der Waals surface area contributed by atoms with Crippen LogP contribution in [-0.4, -0.2) is 32.6 Å². The summed E-state index contributed by atoms with van der Waals surface area (Å²) in [4.78, 5) is 4.36. The summed E-state index contributed by atoms with van der Waals surface area (Å²) < 4.78 is 5.30. The van der Waals surface area contributed by atoms with Gasteiger partial charge in [0.2, 0.25) is 5.89 Å². The molecule has 4 saturated carbocycles. The van der Waals surface area contributed by atoms with Crippen molar-refractivity contribution in [2.24, 2.45) is 40.4 Å². The van der Waals surface area contributed by atoms with Gasteiger partial charge in [0.1, 0.15) is 0 Å². The van der Waals surface area contributed by atoms with E-state index in [-0.39, 0.29) is 12.2 Å². The van der Waals surface area contributed by atoms with Gasteiger partial charge in [-0.15, -0.1) is 0 Å². The van der Waals surface area contributed by atoms with E-state index < -0.39 is 0 Å². The van der Waals surface area contributed by atoms with Crippen molar-refractivity contribution in [1.29, 1.82) is 0 Å². The van der Waals surface area contributed by atoms with Crippen LogP contribution in [-0.2, 0) is 6.42 Å². The lowest BCUT2D eigenvalue weighted by atomic mass is 9.44. The molecule has 0 spiro atoms. The van der Waals surface area contributed by atoms with Gasteiger partial charge in [-0.3, -0.25) is 0 Å². The van der Waals surface area contributed by atoms with Crippen LogP contribution in [0.15, 0.2) is 4.52 Å². The fraction of sp³-hybridized carbons (Fsp3) is 0.920. The molecular formula is C25H40N2O3. The number of rotatable bonds is 4. The molecule has 9 atom stereocenters. The van der Waals surface area contributed by atoms with Gasteiger partial charge in [0.05, 0.1) is 12.2 Å². The molecule has 1 aromatic heterocycles. The van der Waals surface area contributed by atoms with Gasteiger partial charge in [-0.2, -0.15) is 4.98 Å². The Balaban J connectivity index is 1.29. The lowest BCUT2D eigenvalue weighted by Crippen LogP contribution is -2.58. The molecular weight excluding hydrogens is 376 g/mol. The zero-order valence-corrected chi connectivity index (χ0v) is 19.0. The average Bonchev–Trinajstić information content (AvgIpc) is 3.26. The highest BCUT2D eigenvalue weighted by atomic mass is 16.5. The van der Waals surface area contributed by atoms with E-state index in [2.05, 4.69) is 24.0 Å². The Morgan fingerprint density at radius 2 is 1.77 bits per heavy atom. The third kappa shape index (κ3) is 3.26. The van der Waals surface area contributed by atoms with Crippen molar-refractivity contribution in [2.75, 3.05) is 0 Å². The van der Waals surface area contributed by atoms with E-state index in [0.29, 0.717) is 34.5 Å². The molecule has 4 aliphatic carbocycles. The van der Waals surface area contributed by atoms with E-state index >= 15 is 0 Å². The van der Waals surface area contributed by atoms with Crippen molar-refractivity contribution in [2.45, 2.75) is 104 Å². The molecule has 5 heteroatoms. The molecule has 0 saturated heterocycles. The van der Waals surface area contributed by atoms with Gasteiger partial charge >= 0.3 is 0 Å². The third-order valence-corrected chi connectivity index (χ3v) is 10.4. The minimum absolute atomic E-state index is 0.154. The van der Waals surface area contributed by atoms with Crippen molar-refractivity contribution in [3.63, 3.8) is 0 Å². The van der Waals surface area contributed by atoms with E-state index in [1.807, 2.05) is 6.92 Å². The Morgan fingerprint density at radius 3 is 2.53 bits per heavy atom. The number of hydrogen-bond acceptors (Lipinski definition) is 5. The van der Waals surface area contributed by atoms with Gasteiger partial charge in [0, 0.05) is 6.42 Å². The Morgan fingerprint density at radius 1 is 1.00 bits per heavy atom. The maximum Gasteiger partial charge on any atom is 0.226 e. The van der Waals surface area contributed by atoms with Crippen LogP contribution in [0, 0.1) is 47.3 Å². The predicted octanol–water partition coefficient (Wildman–Crippen LogP) is 4.69. The average molecular weight is 417 g/mol. The zero-order chi connectivity index (χ0) is 21.1. The van der Waals surface area contributed by atoms with Crippen LogP contribution in [0.3, 0.4) is 0 Å². The van der Waals surface area contributed by atoms with E-state index in [1.165, 1.54) is 32.1 Å². The number of hydrogen-bond donors (Lipinski definition) is 2. The van der Waals surface area contributed by atoms with Crippen LogP contribution in [0.25, 0.3) is 0 Å². The molecule has 30 heavy (non-hydrogen) atoms. The number of fused-ring (bicyclic) bond motifs is 5. The molecule has 0 aromatic carbocycles. The van der Waals surface area contributed by atoms with Crippen molar-refractivity contribution in [3.05, 3.63) is 11.7 Å². The molecule has 1 aromatic rings. The van der Waals surface area contributed by atoms with Crippen molar-refractivity contribution in [3.8, 4) is 0 Å². The second-order valence-electron chi connectivity index (χ2n) is 11.7. The van der Waals surface area contributed by atoms with Crippen molar-refractivity contribution >= 4 is 0 Å².